The Balaban J connectivity index is 1.39. The van der Waals surface area contributed by atoms with Gasteiger partial charge >= 0.3 is 0 Å². The normalized spacial score (nSPS) is 24.2. The number of thioether (sulfide) groups is 1. The van der Waals surface area contributed by atoms with E-state index in [9.17, 15) is 14.4 Å². The number of benzene rings is 3. The van der Waals surface area contributed by atoms with Gasteiger partial charge in [-0.25, -0.2) is 0 Å². The second-order valence-corrected chi connectivity index (χ2v) is 10.9. The van der Waals surface area contributed by atoms with Gasteiger partial charge in [-0.3, -0.25) is 19.3 Å². The van der Waals surface area contributed by atoms with Crippen LogP contribution in [0.15, 0.2) is 72.8 Å². The average Bonchev–Trinajstić information content (AvgIpc) is 3.16. The maximum absolute atomic E-state index is 14.1. The molecule has 3 aliphatic carbocycles. The minimum absolute atomic E-state index is 0.171. The molecule has 36 heavy (non-hydrogen) atoms. The van der Waals surface area contributed by atoms with Gasteiger partial charge < -0.3 is 5.32 Å². The zero-order valence-electron chi connectivity index (χ0n) is 20.3. The van der Waals surface area contributed by atoms with Gasteiger partial charge in [-0.15, -0.1) is 0 Å². The molecule has 3 aromatic rings. The molecule has 1 saturated heterocycles. The Morgan fingerprint density at radius 3 is 1.75 bits per heavy atom. The highest BCUT2D eigenvalue weighted by Gasteiger charge is 2.62. The third kappa shape index (κ3) is 3.42. The SMILES string of the molecule is CSCC[C@H](C(=O)Nc1ccc(C)cc1)N1C(=O)[C@@H]2C3c4ccccc4C(c4ccccc43)[C@H]2C1=O. The molecule has 7 rings (SSSR count). The smallest absolute Gasteiger partial charge is 0.247 e. The molecule has 1 aliphatic heterocycles. The lowest BCUT2D eigenvalue weighted by Gasteiger charge is -2.45. The minimum Gasteiger partial charge on any atom is -0.324 e. The number of amides is 3. The van der Waals surface area contributed by atoms with Crippen LogP contribution in [0.3, 0.4) is 0 Å². The zero-order chi connectivity index (χ0) is 25.0. The van der Waals surface area contributed by atoms with Gasteiger partial charge in [-0.05, 0) is 59.7 Å². The van der Waals surface area contributed by atoms with Gasteiger partial charge in [0.2, 0.25) is 17.7 Å². The summed E-state index contributed by atoms with van der Waals surface area (Å²) < 4.78 is 0. The van der Waals surface area contributed by atoms with Gasteiger partial charge in [0.05, 0.1) is 11.8 Å². The molecular formula is C30H28N2O3S. The van der Waals surface area contributed by atoms with Crippen molar-refractivity contribution in [1.29, 1.82) is 0 Å². The van der Waals surface area contributed by atoms with Crippen LogP contribution in [0.2, 0.25) is 0 Å². The van der Waals surface area contributed by atoms with Crippen molar-refractivity contribution in [2.75, 3.05) is 17.3 Å². The molecule has 0 unspecified atom stereocenters. The lowest BCUT2D eigenvalue weighted by Crippen LogP contribution is -2.48. The van der Waals surface area contributed by atoms with Crippen molar-refractivity contribution >= 4 is 35.2 Å². The molecule has 3 aromatic carbocycles. The number of imide groups is 1. The number of hydrogen-bond donors (Lipinski definition) is 1. The molecule has 2 bridgehead atoms. The molecule has 6 heteroatoms. The molecule has 0 saturated carbocycles. The monoisotopic (exact) mass is 496 g/mol. The number of nitrogens with zero attached hydrogens (tertiary/aromatic N) is 1. The molecule has 182 valence electrons. The minimum atomic E-state index is -0.838. The third-order valence-corrected chi connectivity index (χ3v) is 8.66. The number of anilines is 1. The molecule has 0 spiro atoms. The summed E-state index contributed by atoms with van der Waals surface area (Å²) in [6.45, 7) is 1.99. The highest BCUT2D eigenvalue weighted by Crippen LogP contribution is 2.61. The Kier molecular flexibility index (Phi) is 5.72. The van der Waals surface area contributed by atoms with Crippen molar-refractivity contribution in [3.8, 4) is 0 Å². The van der Waals surface area contributed by atoms with E-state index in [0.29, 0.717) is 17.9 Å². The summed E-state index contributed by atoms with van der Waals surface area (Å²) in [5.41, 5.74) is 6.29. The Bertz CT molecular complexity index is 1250. The van der Waals surface area contributed by atoms with Crippen molar-refractivity contribution in [1.82, 2.24) is 4.90 Å². The first-order chi connectivity index (χ1) is 17.5. The number of nitrogens with one attached hydrogen (secondary N) is 1. The van der Waals surface area contributed by atoms with E-state index in [1.165, 1.54) is 4.90 Å². The Hall–Kier alpha value is -3.38. The van der Waals surface area contributed by atoms with Gasteiger partial charge in [0.25, 0.3) is 0 Å². The van der Waals surface area contributed by atoms with Crippen LogP contribution in [0.4, 0.5) is 5.69 Å². The predicted octanol–water partition coefficient (Wildman–Crippen LogP) is 4.95. The third-order valence-electron chi connectivity index (χ3n) is 8.01. The Morgan fingerprint density at radius 1 is 0.833 bits per heavy atom. The molecule has 1 heterocycles. The van der Waals surface area contributed by atoms with Crippen molar-refractivity contribution in [3.63, 3.8) is 0 Å². The van der Waals surface area contributed by atoms with Crippen LogP contribution in [0.5, 0.6) is 0 Å². The van der Waals surface area contributed by atoms with Crippen LogP contribution < -0.4 is 5.32 Å². The Morgan fingerprint density at radius 2 is 1.31 bits per heavy atom. The zero-order valence-corrected chi connectivity index (χ0v) is 21.1. The van der Waals surface area contributed by atoms with Gasteiger partial charge in [-0.2, -0.15) is 11.8 Å². The second-order valence-electron chi connectivity index (χ2n) is 9.96. The van der Waals surface area contributed by atoms with E-state index in [0.717, 1.165) is 27.8 Å². The van der Waals surface area contributed by atoms with E-state index in [1.54, 1.807) is 11.8 Å². The molecule has 3 atom stereocenters. The highest BCUT2D eigenvalue weighted by molar-refractivity contribution is 7.98. The van der Waals surface area contributed by atoms with E-state index in [2.05, 4.69) is 29.6 Å². The summed E-state index contributed by atoms with van der Waals surface area (Å²) in [6, 6.07) is 23.1. The van der Waals surface area contributed by atoms with Gasteiger partial charge in [-0.1, -0.05) is 66.2 Å². The first-order valence-corrected chi connectivity index (χ1v) is 13.8. The number of hydrogen-bond acceptors (Lipinski definition) is 4. The van der Waals surface area contributed by atoms with Crippen LogP contribution >= 0.6 is 11.8 Å². The van der Waals surface area contributed by atoms with Crippen LogP contribution in [0.25, 0.3) is 0 Å². The summed E-state index contributed by atoms with van der Waals surface area (Å²) in [5.74, 6) is -1.36. The molecule has 5 nitrogen and oxygen atoms in total. The topological polar surface area (TPSA) is 66.5 Å². The maximum atomic E-state index is 14.1. The predicted molar refractivity (Wildman–Crippen MR) is 142 cm³/mol. The van der Waals surface area contributed by atoms with E-state index in [4.69, 9.17) is 0 Å². The first kappa shape index (κ1) is 23.0. The van der Waals surface area contributed by atoms with E-state index in [1.807, 2.05) is 61.7 Å². The molecule has 3 amide bonds. The summed E-state index contributed by atoms with van der Waals surface area (Å²) in [7, 11) is 0. The van der Waals surface area contributed by atoms with Crippen molar-refractivity contribution < 1.29 is 14.4 Å². The quantitative estimate of drug-likeness (QED) is 0.491. The fourth-order valence-electron chi connectivity index (χ4n) is 6.48. The Labute approximate surface area is 215 Å². The lowest BCUT2D eigenvalue weighted by atomic mass is 9.55. The molecule has 0 aromatic heterocycles. The summed E-state index contributed by atoms with van der Waals surface area (Å²) >= 11 is 1.61. The van der Waals surface area contributed by atoms with Crippen molar-refractivity contribution in [2.24, 2.45) is 11.8 Å². The molecular weight excluding hydrogens is 468 g/mol. The number of rotatable bonds is 6. The van der Waals surface area contributed by atoms with Crippen LogP contribution in [0, 0.1) is 18.8 Å². The fraction of sp³-hybridized carbons (Fsp3) is 0.300. The lowest BCUT2D eigenvalue weighted by molar-refractivity contribution is -0.146. The van der Waals surface area contributed by atoms with Crippen LogP contribution in [0.1, 0.15) is 46.1 Å². The number of aryl methyl sites for hydroxylation is 1. The maximum Gasteiger partial charge on any atom is 0.247 e. The van der Waals surface area contributed by atoms with Crippen LogP contribution in [-0.4, -0.2) is 40.7 Å². The van der Waals surface area contributed by atoms with Crippen LogP contribution in [-0.2, 0) is 14.4 Å². The standard InChI is InChI=1S/C30H28N2O3S/c1-17-11-13-18(14-12-17)31-28(33)23(15-16-36-2)32-29(34)26-24-19-7-3-4-8-20(19)25(27(26)30(32)35)22-10-6-5-9-21(22)24/h3-14,23-27H,15-16H2,1-2H3,(H,31,33)/t23-,24?,25?,26-,27-/m1/s1. The van der Waals surface area contributed by atoms with Gasteiger partial charge in [0.1, 0.15) is 6.04 Å². The number of carbonyl (C=O) groups is 3. The largest absolute Gasteiger partial charge is 0.324 e. The summed E-state index contributed by atoms with van der Waals surface area (Å²) in [5, 5.41) is 2.96. The molecule has 4 aliphatic rings. The summed E-state index contributed by atoms with van der Waals surface area (Å²) in [4.78, 5) is 43.0. The first-order valence-electron chi connectivity index (χ1n) is 12.4. The number of likely N-dealkylation sites (tertiary alicyclic amines) is 1. The fourth-order valence-corrected chi connectivity index (χ4v) is 6.94. The summed E-state index contributed by atoms with van der Waals surface area (Å²) in [6.07, 6.45) is 2.39. The van der Waals surface area contributed by atoms with E-state index < -0.39 is 17.9 Å². The highest BCUT2D eigenvalue weighted by atomic mass is 32.2. The molecule has 1 fully saturated rings. The van der Waals surface area contributed by atoms with Crippen molar-refractivity contribution in [3.05, 3.63) is 101 Å². The van der Waals surface area contributed by atoms with Gasteiger partial charge in [0.15, 0.2) is 0 Å². The average molecular weight is 497 g/mol. The number of carbonyl (C=O) groups excluding carboxylic acids is 3. The van der Waals surface area contributed by atoms with E-state index in [-0.39, 0.29) is 29.6 Å². The second kappa shape index (κ2) is 8.93. The molecule has 1 N–H and O–H groups in total. The molecule has 0 radical (unpaired) electrons. The van der Waals surface area contributed by atoms with E-state index >= 15 is 0 Å². The van der Waals surface area contributed by atoms with Gasteiger partial charge in [0, 0.05) is 17.5 Å². The van der Waals surface area contributed by atoms with Crippen molar-refractivity contribution in [2.45, 2.75) is 31.2 Å².